The first-order valence-electron chi connectivity index (χ1n) is 8.54. The van der Waals surface area contributed by atoms with Crippen LogP contribution in [0.15, 0.2) is 42.5 Å². The van der Waals surface area contributed by atoms with Gasteiger partial charge in [0.2, 0.25) is 0 Å². The van der Waals surface area contributed by atoms with Crippen LogP contribution >= 0.6 is 11.3 Å². The fourth-order valence-electron chi connectivity index (χ4n) is 2.60. The van der Waals surface area contributed by atoms with Crippen LogP contribution in [0.25, 0.3) is 10.1 Å². The van der Waals surface area contributed by atoms with Crippen LogP contribution in [0.4, 0.5) is 0 Å². The van der Waals surface area contributed by atoms with Gasteiger partial charge in [-0.25, -0.2) is 0 Å². The minimum atomic E-state index is 0.500. The van der Waals surface area contributed by atoms with Gasteiger partial charge in [-0.1, -0.05) is 0 Å². The normalized spacial score (nSPS) is 10.5. The van der Waals surface area contributed by atoms with Crippen LogP contribution < -0.4 is 8.51 Å². The van der Waals surface area contributed by atoms with Gasteiger partial charge in [0, 0.05) is 0 Å². The van der Waals surface area contributed by atoms with Crippen LogP contribution in [-0.4, -0.2) is 22.1 Å². The maximum atomic E-state index is 5.47. The van der Waals surface area contributed by atoms with Crippen molar-refractivity contribution in [1.82, 2.24) is 0 Å². The van der Waals surface area contributed by atoms with Crippen molar-refractivity contribution in [3.05, 3.63) is 59.2 Å². The summed E-state index contributed by atoms with van der Waals surface area (Å²) in [6, 6.07) is 14.8. The monoisotopic (exact) mass is 414 g/mol. The number of unbranched alkanes of at least 4 members (excludes halogenated alkanes) is 1. The molecule has 0 bridgehead atoms. The number of rotatable bonds is 5. The number of thiophene rings is 1. The van der Waals surface area contributed by atoms with Crippen molar-refractivity contribution >= 4 is 40.2 Å². The summed E-state index contributed by atoms with van der Waals surface area (Å²) in [5.41, 5.74) is 3.39. The maximum absolute atomic E-state index is 5.47. The average Bonchev–Trinajstić information content (AvgIpc) is 2.98. The third-order valence-electron chi connectivity index (χ3n) is 3.97. The Hall–Kier alpha value is -1.72. The molecule has 1 aromatic heterocycles. The van der Waals surface area contributed by atoms with Gasteiger partial charge in [-0.3, -0.25) is 0 Å². The molecule has 2 aromatic carbocycles. The summed E-state index contributed by atoms with van der Waals surface area (Å²) >= 11 is 2.42. The summed E-state index contributed by atoms with van der Waals surface area (Å²) in [5.74, 6) is 7.69. The van der Waals surface area contributed by atoms with Crippen molar-refractivity contribution in [2.45, 2.75) is 32.0 Å². The SMILES string of the molecule is CCCC[Se]c1sc2ccccc2c1C#Cc1cc(C)ccc1OC. The van der Waals surface area contributed by atoms with Crippen LogP contribution in [-0.2, 0) is 0 Å². The van der Waals surface area contributed by atoms with E-state index in [1.54, 1.807) is 7.11 Å². The number of aryl methyl sites for hydroxylation is 1. The van der Waals surface area contributed by atoms with Crippen molar-refractivity contribution in [2.24, 2.45) is 0 Å². The summed E-state index contributed by atoms with van der Waals surface area (Å²) < 4.78 is 8.29. The van der Waals surface area contributed by atoms with E-state index in [9.17, 15) is 0 Å². The Bertz CT molecular complexity index is 930. The molecule has 0 radical (unpaired) electrons. The number of ether oxygens (including phenoxy) is 1. The molecule has 0 fully saturated rings. The molecule has 1 nitrogen and oxygen atoms in total. The number of methoxy groups -OCH3 is 1. The van der Waals surface area contributed by atoms with Crippen LogP contribution in [0.2, 0.25) is 5.32 Å². The van der Waals surface area contributed by atoms with Crippen molar-refractivity contribution in [3.63, 3.8) is 0 Å². The van der Waals surface area contributed by atoms with Gasteiger partial charge in [-0.2, -0.15) is 0 Å². The van der Waals surface area contributed by atoms with Gasteiger partial charge in [0.15, 0.2) is 0 Å². The Labute approximate surface area is 160 Å². The van der Waals surface area contributed by atoms with E-state index in [0.29, 0.717) is 15.0 Å². The summed E-state index contributed by atoms with van der Waals surface area (Å²) in [7, 11) is 1.70. The van der Waals surface area contributed by atoms with Crippen LogP contribution in [0.3, 0.4) is 0 Å². The molecule has 0 aliphatic heterocycles. The van der Waals surface area contributed by atoms with Gasteiger partial charge in [0.1, 0.15) is 0 Å². The number of hydrogen-bond donors (Lipinski definition) is 0. The number of fused-ring (bicyclic) bond motifs is 1. The predicted octanol–water partition coefficient (Wildman–Crippen LogP) is 5.17. The van der Waals surface area contributed by atoms with Crippen molar-refractivity contribution in [2.75, 3.05) is 7.11 Å². The molecular formula is C22H22OSSe. The van der Waals surface area contributed by atoms with Crippen molar-refractivity contribution in [3.8, 4) is 17.6 Å². The van der Waals surface area contributed by atoms with Crippen LogP contribution in [0.1, 0.15) is 36.5 Å². The summed E-state index contributed by atoms with van der Waals surface area (Å²) in [4.78, 5) is 0. The Kier molecular flexibility index (Phi) is 6.21. The molecule has 0 atom stereocenters. The van der Waals surface area contributed by atoms with Gasteiger partial charge in [-0.05, 0) is 0 Å². The van der Waals surface area contributed by atoms with Gasteiger partial charge in [-0.15, -0.1) is 0 Å². The zero-order chi connectivity index (χ0) is 17.6. The van der Waals surface area contributed by atoms with E-state index in [0.717, 1.165) is 11.3 Å². The molecule has 0 aliphatic rings. The van der Waals surface area contributed by atoms with E-state index in [1.807, 2.05) is 17.4 Å². The van der Waals surface area contributed by atoms with E-state index in [4.69, 9.17) is 4.74 Å². The Morgan fingerprint density at radius 3 is 2.76 bits per heavy atom. The van der Waals surface area contributed by atoms with E-state index >= 15 is 0 Å². The molecule has 0 unspecified atom stereocenters. The molecule has 3 aromatic rings. The van der Waals surface area contributed by atoms with Gasteiger partial charge >= 0.3 is 161 Å². The minimum absolute atomic E-state index is 0.500. The van der Waals surface area contributed by atoms with Gasteiger partial charge in [0.05, 0.1) is 0 Å². The number of benzene rings is 2. The first-order chi connectivity index (χ1) is 12.2. The molecule has 0 N–H and O–H groups in total. The van der Waals surface area contributed by atoms with Crippen molar-refractivity contribution in [1.29, 1.82) is 0 Å². The second kappa shape index (κ2) is 8.59. The molecule has 0 spiro atoms. The second-order valence-electron chi connectivity index (χ2n) is 5.92. The van der Waals surface area contributed by atoms with Gasteiger partial charge < -0.3 is 0 Å². The molecule has 0 amide bonds. The Morgan fingerprint density at radius 1 is 1.12 bits per heavy atom. The summed E-state index contributed by atoms with van der Waals surface area (Å²) in [6.07, 6.45) is 2.56. The van der Waals surface area contributed by atoms with E-state index in [2.05, 4.69) is 62.1 Å². The van der Waals surface area contributed by atoms with Crippen LogP contribution in [0.5, 0.6) is 5.75 Å². The second-order valence-corrected chi connectivity index (χ2v) is 9.87. The fraction of sp³-hybridized carbons (Fsp3) is 0.273. The first kappa shape index (κ1) is 18.1. The molecule has 0 aliphatic carbocycles. The molecule has 1 heterocycles. The van der Waals surface area contributed by atoms with Gasteiger partial charge in [0.25, 0.3) is 0 Å². The summed E-state index contributed by atoms with van der Waals surface area (Å²) in [5, 5.41) is 2.58. The van der Waals surface area contributed by atoms with E-state index in [-0.39, 0.29) is 0 Å². The van der Waals surface area contributed by atoms with E-state index in [1.165, 1.54) is 43.1 Å². The third-order valence-corrected chi connectivity index (χ3v) is 8.09. The Morgan fingerprint density at radius 2 is 1.96 bits per heavy atom. The standard InChI is InChI=1S/C22H22OSSe/c1-4-5-14-25-22-19(18-8-6-7-9-21(18)24-22)12-11-17-15-16(2)10-13-20(17)23-3/h6-10,13,15H,4-5,14H2,1-3H3. The molecule has 128 valence electrons. The predicted molar refractivity (Wildman–Crippen MR) is 111 cm³/mol. The Balaban J connectivity index is 2.04. The van der Waals surface area contributed by atoms with Crippen molar-refractivity contribution < 1.29 is 4.74 Å². The first-order valence-corrected chi connectivity index (χ1v) is 11.4. The zero-order valence-corrected chi connectivity index (χ0v) is 17.4. The van der Waals surface area contributed by atoms with Crippen LogP contribution in [0, 0.1) is 18.8 Å². The average molecular weight is 413 g/mol. The molecule has 0 saturated carbocycles. The topological polar surface area (TPSA) is 9.23 Å². The fourth-order valence-corrected chi connectivity index (χ4v) is 6.86. The van der Waals surface area contributed by atoms with E-state index < -0.39 is 0 Å². The third kappa shape index (κ3) is 4.28. The quantitative estimate of drug-likeness (QED) is 0.319. The molecule has 3 rings (SSSR count). The molecule has 3 heteroatoms. The number of hydrogen-bond acceptors (Lipinski definition) is 2. The molecular weight excluding hydrogens is 391 g/mol. The molecule has 0 saturated heterocycles. The summed E-state index contributed by atoms with van der Waals surface area (Å²) in [6.45, 7) is 4.34. The zero-order valence-electron chi connectivity index (χ0n) is 14.9. The molecule has 25 heavy (non-hydrogen) atoms.